The number of rotatable bonds is 0. The van der Waals surface area contributed by atoms with Crippen LogP contribution >= 0.6 is 11.8 Å². The number of hydrogen-bond acceptors (Lipinski definition) is 0. The first-order valence-corrected chi connectivity index (χ1v) is 2.78. The first-order chi connectivity index (χ1) is 3.72. The van der Waals surface area contributed by atoms with Crippen molar-refractivity contribution in [3.63, 3.8) is 0 Å². The molecule has 0 amide bonds. The van der Waals surface area contributed by atoms with Crippen molar-refractivity contribution >= 4 is 11.8 Å². The number of nitrogens with zero attached hydrogens (tertiary/aromatic N) is 1. The van der Waals surface area contributed by atoms with E-state index in [-0.39, 0.29) is 12.4 Å². The third-order valence-electron chi connectivity index (χ3n) is 1.09. The normalized spacial score (nSPS) is 8.78. The molecule has 0 unspecified atom stereocenters. The molecule has 1 N–H and O–H groups in total. The molecule has 0 saturated carbocycles. The maximum Gasteiger partial charge on any atom is 0.268 e. The molecule has 0 aliphatic heterocycles. The van der Waals surface area contributed by atoms with Gasteiger partial charge in [0, 0.05) is 13.8 Å². The van der Waals surface area contributed by atoms with Crippen molar-refractivity contribution in [2.24, 2.45) is 0 Å². The van der Waals surface area contributed by atoms with E-state index in [4.69, 9.17) is 11.8 Å². The number of aromatic nitrogens is 2. The van der Waals surface area contributed by atoms with Gasteiger partial charge in [-0.3, -0.25) is 0 Å². The zero-order chi connectivity index (χ0) is 6.15. The molecule has 0 fully saturated rings. The van der Waals surface area contributed by atoms with Gasteiger partial charge >= 0.3 is 0 Å². The van der Waals surface area contributed by atoms with E-state index in [9.17, 15) is 0 Å². The molecule has 0 aromatic carbocycles. The van der Waals surface area contributed by atoms with Gasteiger partial charge in [0.1, 0.15) is 18.0 Å². The quantitative estimate of drug-likeness (QED) is 0.457. The Kier molecular flexibility index (Phi) is 3.01. The molecule has 0 saturated heterocycles. The van der Waals surface area contributed by atoms with E-state index >= 15 is 0 Å². The number of H-pyrrole nitrogens is 1. The fraction of sp³-hybridized carbons (Fsp3) is 0.400. The van der Waals surface area contributed by atoms with Gasteiger partial charge in [-0.05, 0) is 0 Å². The monoisotopic (exact) mass is 166 g/mol. The number of nitrogens with one attached hydrogen (secondary N) is 1. The van der Waals surface area contributed by atoms with E-state index in [2.05, 4.69) is 4.98 Å². The second-order valence-electron chi connectivity index (χ2n) is 1.80. The Balaban J connectivity index is 0.000000640. The smallest absolute Gasteiger partial charge is 0.268 e. The van der Waals surface area contributed by atoms with Crippen LogP contribution in [0.1, 0.15) is 11.5 Å². The van der Waals surface area contributed by atoms with E-state index in [0.29, 0.717) is 0 Å². The molecule has 0 atom stereocenters. The Labute approximate surface area is 65.4 Å². The Hall–Kier alpha value is -0.210. The summed E-state index contributed by atoms with van der Waals surface area (Å²) in [4.78, 5) is 2.97. The summed E-state index contributed by atoms with van der Waals surface area (Å²) in [6.45, 7) is 3.86. The summed E-state index contributed by atoms with van der Waals surface area (Å²) >= 11 is 5.68. The van der Waals surface area contributed by atoms with Gasteiger partial charge < -0.3 is 12.4 Å². The van der Waals surface area contributed by atoms with Crippen molar-refractivity contribution in [3.05, 3.63) is 17.7 Å². The first-order valence-electron chi connectivity index (χ1n) is 2.44. The van der Waals surface area contributed by atoms with Gasteiger partial charge in [-0.1, -0.05) is 0 Å². The molecule has 0 bridgehead atoms. The van der Waals surface area contributed by atoms with Crippen LogP contribution in [0.5, 0.6) is 0 Å². The van der Waals surface area contributed by atoms with Crippen LogP contribution in [0.3, 0.4) is 0 Å². The van der Waals surface area contributed by atoms with Gasteiger partial charge in [0.15, 0.2) is 5.69 Å². The summed E-state index contributed by atoms with van der Waals surface area (Å²) in [7, 11) is 0. The molecule has 0 spiro atoms. The maximum absolute atomic E-state index is 5.68. The minimum absolute atomic E-state index is 0. The summed E-state index contributed by atoms with van der Waals surface area (Å²) < 4.78 is 1.58. The highest BCUT2D eigenvalue weighted by molar-refractivity contribution is 6.04. The molecule has 0 aliphatic rings. The topological polar surface area (TPSA) is 19.7 Å². The molecule has 0 radical (unpaired) electrons. The fourth-order valence-electron chi connectivity index (χ4n) is 0.587. The molecule has 1 aromatic heterocycles. The molecule has 2 nitrogen and oxygen atoms in total. The highest BCUT2D eigenvalue weighted by Crippen LogP contribution is 1.90. The predicted molar refractivity (Wildman–Crippen MR) is 31.7 cm³/mol. The number of aromatic amines is 1. The average molecular weight is 167 g/mol. The van der Waals surface area contributed by atoms with E-state index in [0.717, 1.165) is 11.5 Å². The van der Waals surface area contributed by atoms with Crippen LogP contribution in [0.15, 0.2) is 6.20 Å². The first kappa shape index (κ1) is 8.79. The van der Waals surface area contributed by atoms with Gasteiger partial charge in [0.25, 0.3) is 5.82 Å². The van der Waals surface area contributed by atoms with Crippen molar-refractivity contribution in [1.29, 1.82) is 0 Å². The van der Waals surface area contributed by atoms with Crippen LogP contribution in [0, 0.1) is 13.8 Å². The molecule has 1 aromatic rings. The Morgan fingerprint density at radius 1 is 1.56 bits per heavy atom. The molecular formula is C5H8Cl2N2. The fourth-order valence-corrected chi connectivity index (χ4v) is 0.684. The largest absolute Gasteiger partial charge is 1.00 e. The van der Waals surface area contributed by atoms with Crippen molar-refractivity contribution in [1.82, 2.24) is 4.98 Å². The van der Waals surface area contributed by atoms with E-state index < -0.39 is 0 Å². The highest BCUT2D eigenvalue weighted by atomic mass is 35.5. The minimum Gasteiger partial charge on any atom is -1.00 e. The van der Waals surface area contributed by atoms with Gasteiger partial charge in [-0.25, -0.2) is 4.98 Å². The number of imidazole rings is 1. The third-order valence-corrected chi connectivity index (χ3v) is 1.61. The Morgan fingerprint density at radius 3 is 2.22 bits per heavy atom. The van der Waals surface area contributed by atoms with Gasteiger partial charge in [0.2, 0.25) is 0 Å². The average Bonchev–Trinajstić information content (AvgIpc) is 1.98. The molecule has 0 aliphatic carbocycles. The SMILES string of the molecule is Cc1c[nH]c(C)[n+]1Cl.[Cl-]. The lowest BCUT2D eigenvalue weighted by molar-refractivity contribution is -0.533. The number of aryl methyl sites for hydroxylation is 2. The van der Waals surface area contributed by atoms with Gasteiger partial charge in [0.05, 0.1) is 0 Å². The summed E-state index contributed by atoms with van der Waals surface area (Å²) in [6, 6.07) is 0. The molecule has 1 heterocycles. The summed E-state index contributed by atoms with van der Waals surface area (Å²) in [5.74, 6) is 0.962. The highest BCUT2D eigenvalue weighted by Gasteiger charge is 2.05. The predicted octanol–water partition coefficient (Wildman–Crippen LogP) is -2.08. The van der Waals surface area contributed by atoms with Crippen LogP contribution in [0.2, 0.25) is 0 Å². The Bertz CT molecular complexity index is 175. The zero-order valence-electron chi connectivity index (χ0n) is 5.28. The standard InChI is InChI=1S/C5H7ClN2.ClH/c1-4-3-7-5(2)8(4)6;/h3H,1-2H3;1H. The maximum atomic E-state index is 5.68. The molecular weight excluding hydrogens is 159 g/mol. The number of hydrogen-bond donors (Lipinski definition) is 1. The lowest BCUT2D eigenvalue weighted by Crippen LogP contribution is -3.00. The summed E-state index contributed by atoms with van der Waals surface area (Å²) in [5, 5.41) is 0. The van der Waals surface area contributed by atoms with Crippen LogP contribution in [-0.2, 0) is 0 Å². The summed E-state index contributed by atoms with van der Waals surface area (Å²) in [5.41, 5.74) is 1.03. The van der Waals surface area contributed by atoms with Crippen LogP contribution < -0.4 is 16.5 Å². The van der Waals surface area contributed by atoms with Crippen LogP contribution in [0.25, 0.3) is 0 Å². The minimum atomic E-state index is 0. The molecule has 1 rings (SSSR count). The van der Waals surface area contributed by atoms with Crippen molar-refractivity contribution < 1.29 is 16.5 Å². The Morgan fingerprint density at radius 2 is 2.11 bits per heavy atom. The van der Waals surface area contributed by atoms with Crippen LogP contribution in [-0.4, -0.2) is 4.98 Å². The van der Waals surface area contributed by atoms with Crippen LogP contribution in [0.4, 0.5) is 0 Å². The zero-order valence-corrected chi connectivity index (χ0v) is 6.79. The second-order valence-corrected chi connectivity index (χ2v) is 2.13. The third kappa shape index (κ3) is 1.60. The number of halogens is 2. The van der Waals surface area contributed by atoms with Gasteiger partial charge in [-0.15, -0.1) is 4.09 Å². The van der Waals surface area contributed by atoms with Crippen molar-refractivity contribution in [2.45, 2.75) is 13.8 Å². The molecule has 52 valence electrons. The molecule has 4 heteroatoms. The van der Waals surface area contributed by atoms with E-state index in [1.807, 2.05) is 20.0 Å². The van der Waals surface area contributed by atoms with E-state index in [1.54, 1.807) is 4.09 Å². The van der Waals surface area contributed by atoms with Crippen molar-refractivity contribution in [2.75, 3.05) is 0 Å². The molecule has 9 heavy (non-hydrogen) atoms. The van der Waals surface area contributed by atoms with Gasteiger partial charge in [-0.2, -0.15) is 0 Å². The lowest BCUT2D eigenvalue weighted by Gasteiger charge is -1.78. The van der Waals surface area contributed by atoms with E-state index in [1.165, 1.54) is 0 Å². The van der Waals surface area contributed by atoms with Crippen molar-refractivity contribution in [3.8, 4) is 0 Å². The lowest BCUT2D eigenvalue weighted by atomic mass is 10.6. The second kappa shape index (κ2) is 3.08. The summed E-state index contributed by atoms with van der Waals surface area (Å²) in [6.07, 6.45) is 1.86.